The maximum absolute atomic E-state index is 11.7. The first-order valence-electron chi connectivity index (χ1n) is 4.56. The van der Waals surface area contributed by atoms with E-state index in [9.17, 15) is 8.42 Å². The minimum Gasteiger partial charge on any atom is -0.270 e. The van der Waals surface area contributed by atoms with Crippen molar-refractivity contribution in [1.29, 1.82) is 0 Å². The number of nitrogens with one attached hydrogen (secondary N) is 1. The summed E-state index contributed by atoms with van der Waals surface area (Å²) in [5.41, 5.74) is 0. The highest BCUT2D eigenvalue weighted by molar-refractivity contribution is 7.89. The molecule has 0 amide bonds. The van der Waals surface area contributed by atoms with Gasteiger partial charge in [-0.3, -0.25) is 4.68 Å². The number of rotatable bonds is 5. The average Bonchev–Trinajstić information content (AvgIpc) is 2.51. The highest BCUT2D eigenvalue weighted by atomic mass is 35.5. The van der Waals surface area contributed by atoms with Gasteiger partial charge in [-0.05, 0) is 13.8 Å². The van der Waals surface area contributed by atoms with Crippen molar-refractivity contribution < 1.29 is 8.42 Å². The lowest BCUT2D eigenvalue weighted by Crippen LogP contribution is -2.29. The molecular weight excluding hydrogens is 238 g/mol. The first-order chi connectivity index (χ1) is 6.95. The third kappa shape index (κ3) is 3.48. The number of sulfonamides is 1. The lowest BCUT2D eigenvalue weighted by molar-refractivity contribution is 0.569. The minimum atomic E-state index is -3.43. The van der Waals surface area contributed by atoms with E-state index in [0.717, 1.165) is 0 Å². The normalized spacial score (nSPS) is 12.3. The fourth-order valence-electron chi connectivity index (χ4n) is 1.07. The fourth-order valence-corrected chi connectivity index (χ4v) is 2.45. The van der Waals surface area contributed by atoms with Crippen molar-refractivity contribution >= 4 is 21.6 Å². The molecular formula is C8H14ClN3O2S. The quantitative estimate of drug-likeness (QED) is 0.788. The van der Waals surface area contributed by atoms with Crippen LogP contribution in [0.3, 0.4) is 0 Å². The number of halogens is 1. The van der Waals surface area contributed by atoms with Crippen LogP contribution in [0.1, 0.15) is 13.8 Å². The van der Waals surface area contributed by atoms with Crippen LogP contribution in [0.25, 0.3) is 0 Å². The predicted octanol–water partition coefficient (Wildman–Crippen LogP) is 0.809. The average molecular weight is 252 g/mol. The monoisotopic (exact) mass is 251 g/mol. The van der Waals surface area contributed by atoms with Crippen LogP contribution >= 0.6 is 11.6 Å². The smallest absolute Gasteiger partial charge is 0.243 e. The summed E-state index contributed by atoms with van der Waals surface area (Å²) in [5, 5.41) is 3.89. The molecule has 15 heavy (non-hydrogen) atoms. The van der Waals surface area contributed by atoms with Gasteiger partial charge >= 0.3 is 0 Å². The zero-order chi connectivity index (χ0) is 11.5. The van der Waals surface area contributed by atoms with Crippen LogP contribution in [-0.2, 0) is 16.6 Å². The second-order valence-electron chi connectivity index (χ2n) is 3.40. The fraction of sp³-hybridized carbons (Fsp3) is 0.625. The molecule has 7 heteroatoms. The molecule has 5 nitrogen and oxygen atoms in total. The van der Waals surface area contributed by atoms with E-state index in [1.165, 1.54) is 17.1 Å². The third-order valence-electron chi connectivity index (χ3n) is 1.62. The number of aromatic nitrogens is 2. The Hall–Kier alpha value is -0.590. The molecule has 0 aromatic carbocycles. The van der Waals surface area contributed by atoms with Gasteiger partial charge in [-0.15, -0.1) is 11.6 Å². The molecule has 0 saturated heterocycles. The summed E-state index contributed by atoms with van der Waals surface area (Å²) < 4.78 is 27.3. The van der Waals surface area contributed by atoms with Crippen molar-refractivity contribution in [3.63, 3.8) is 0 Å². The summed E-state index contributed by atoms with van der Waals surface area (Å²) in [6.45, 7) is 4.03. The summed E-state index contributed by atoms with van der Waals surface area (Å²) in [7, 11) is -3.43. The maximum atomic E-state index is 11.7. The second kappa shape index (κ2) is 4.96. The lowest BCUT2D eigenvalue weighted by atomic mass is 10.4. The first-order valence-corrected chi connectivity index (χ1v) is 6.58. The zero-order valence-corrected chi connectivity index (χ0v) is 10.2. The van der Waals surface area contributed by atoms with E-state index >= 15 is 0 Å². The third-order valence-corrected chi connectivity index (χ3v) is 3.41. The standard InChI is InChI=1S/C8H14ClN3O2S/c1-7(2)11-15(13,14)8-5-10-12(6-8)4-3-9/h5-7,11H,3-4H2,1-2H3. The summed E-state index contributed by atoms with van der Waals surface area (Å²) >= 11 is 5.52. The predicted molar refractivity (Wildman–Crippen MR) is 58.4 cm³/mol. The number of hydrogen-bond donors (Lipinski definition) is 1. The van der Waals surface area contributed by atoms with E-state index in [2.05, 4.69) is 9.82 Å². The second-order valence-corrected chi connectivity index (χ2v) is 5.50. The molecule has 0 spiro atoms. The Morgan fingerprint density at radius 3 is 2.80 bits per heavy atom. The van der Waals surface area contributed by atoms with Crippen LogP contribution in [0.5, 0.6) is 0 Å². The molecule has 0 unspecified atom stereocenters. The van der Waals surface area contributed by atoms with Gasteiger partial charge in [0, 0.05) is 18.1 Å². The molecule has 0 aliphatic rings. The van der Waals surface area contributed by atoms with Gasteiger partial charge in [0.05, 0.1) is 12.7 Å². The van der Waals surface area contributed by atoms with Gasteiger partial charge in [0.1, 0.15) is 4.90 Å². The Labute approximate surface area is 94.5 Å². The summed E-state index contributed by atoms with van der Waals surface area (Å²) in [6, 6.07) is -0.133. The van der Waals surface area contributed by atoms with E-state index in [0.29, 0.717) is 12.4 Å². The Kier molecular flexibility index (Phi) is 4.12. The van der Waals surface area contributed by atoms with Gasteiger partial charge in [0.2, 0.25) is 10.0 Å². The first kappa shape index (κ1) is 12.5. The molecule has 0 bridgehead atoms. The maximum Gasteiger partial charge on any atom is 0.243 e. The van der Waals surface area contributed by atoms with E-state index in [1.807, 2.05) is 0 Å². The van der Waals surface area contributed by atoms with Crippen molar-refractivity contribution in [3.05, 3.63) is 12.4 Å². The van der Waals surface area contributed by atoms with Gasteiger partial charge in [-0.1, -0.05) is 0 Å². The molecule has 1 rings (SSSR count). The highest BCUT2D eigenvalue weighted by Gasteiger charge is 2.17. The van der Waals surface area contributed by atoms with Crippen molar-refractivity contribution in [2.24, 2.45) is 0 Å². The van der Waals surface area contributed by atoms with E-state index in [1.54, 1.807) is 13.8 Å². The lowest BCUT2D eigenvalue weighted by Gasteiger charge is -2.06. The molecule has 1 heterocycles. The van der Waals surface area contributed by atoms with Gasteiger partial charge < -0.3 is 0 Å². The summed E-state index contributed by atoms with van der Waals surface area (Å²) in [6.07, 6.45) is 2.78. The molecule has 1 aromatic heterocycles. The topological polar surface area (TPSA) is 64.0 Å². The van der Waals surface area contributed by atoms with Gasteiger partial charge in [-0.2, -0.15) is 5.10 Å². The van der Waals surface area contributed by atoms with E-state index < -0.39 is 10.0 Å². The van der Waals surface area contributed by atoms with Crippen LogP contribution in [0, 0.1) is 0 Å². The molecule has 0 radical (unpaired) electrons. The Bertz CT molecular complexity index is 413. The number of nitrogens with zero attached hydrogens (tertiary/aromatic N) is 2. The Balaban J connectivity index is 2.86. The Morgan fingerprint density at radius 2 is 2.27 bits per heavy atom. The number of hydrogen-bond acceptors (Lipinski definition) is 3. The molecule has 0 aliphatic heterocycles. The Morgan fingerprint density at radius 1 is 1.60 bits per heavy atom. The molecule has 0 atom stereocenters. The summed E-state index contributed by atoms with van der Waals surface area (Å²) in [4.78, 5) is 0.168. The van der Waals surface area contributed by atoms with Crippen molar-refractivity contribution in [1.82, 2.24) is 14.5 Å². The van der Waals surface area contributed by atoms with Crippen LogP contribution in [0.2, 0.25) is 0 Å². The number of alkyl halides is 1. The minimum absolute atomic E-state index is 0.133. The van der Waals surface area contributed by atoms with Crippen LogP contribution < -0.4 is 4.72 Å². The van der Waals surface area contributed by atoms with Crippen molar-refractivity contribution in [3.8, 4) is 0 Å². The molecule has 0 saturated carbocycles. The van der Waals surface area contributed by atoms with Crippen LogP contribution in [-0.4, -0.2) is 30.1 Å². The zero-order valence-electron chi connectivity index (χ0n) is 8.64. The van der Waals surface area contributed by atoms with E-state index in [-0.39, 0.29) is 10.9 Å². The highest BCUT2D eigenvalue weighted by Crippen LogP contribution is 2.07. The number of aryl methyl sites for hydroxylation is 1. The van der Waals surface area contributed by atoms with Gasteiger partial charge in [-0.25, -0.2) is 13.1 Å². The largest absolute Gasteiger partial charge is 0.270 e. The SMILES string of the molecule is CC(C)NS(=O)(=O)c1cnn(CCCl)c1. The van der Waals surface area contributed by atoms with Crippen LogP contribution in [0.4, 0.5) is 0 Å². The summed E-state index contributed by atoms with van der Waals surface area (Å²) in [5.74, 6) is 0.402. The van der Waals surface area contributed by atoms with E-state index in [4.69, 9.17) is 11.6 Å². The molecule has 1 N–H and O–H groups in total. The van der Waals surface area contributed by atoms with Gasteiger partial charge in [0.25, 0.3) is 0 Å². The van der Waals surface area contributed by atoms with Crippen molar-refractivity contribution in [2.45, 2.75) is 31.3 Å². The van der Waals surface area contributed by atoms with Gasteiger partial charge in [0.15, 0.2) is 0 Å². The molecule has 1 aromatic rings. The van der Waals surface area contributed by atoms with Crippen LogP contribution in [0.15, 0.2) is 17.3 Å². The van der Waals surface area contributed by atoms with Crippen molar-refractivity contribution in [2.75, 3.05) is 5.88 Å². The molecule has 0 fully saturated rings. The molecule has 86 valence electrons. The molecule has 0 aliphatic carbocycles.